The Labute approximate surface area is 106 Å². The molecule has 0 saturated carbocycles. The van der Waals surface area contributed by atoms with Gasteiger partial charge in [-0.2, -0.15) is 0 Å². The molecule has 0 fully saturated rings. The molecule has 0 radical (unpaired) electrons. The van der Waals surface area contributed by atoms with Gasteiger partial charge in [-0.05, 0) is 18.2 Å². The average molecular weight is 277 g/mol. The maximum atomic E-state index is 13.5. The second-order valence-electron chi connectivity index (χ2n) is 3.61. The third-order valence-corrected chi connectivity index (χ3v) is 3.92. The summed E-state index contributed by atoms with van der Waals surface area (Å²) in [7, 11) is -2.17. The highest BCUT2D eigenvalue weighted by Gasteiger charge is 2.18. The minimum atomic E-state index is -3.69. The first kappa shape index (κ1) is 14.9. The summed E-state index contributed by atoms with van der Waals surface area (Å²) in [5.74, 6) is -1.12. The molecule has 2 N–H and O–H groups in total. The predicted octanol–water partition coefficient (Wildman–Crippen LogP) is 0.845. The predicted molar refractivity (Wildman–Crippen MR) is 65.6 cm³/mol. The summed E-state index contributed by atoms with van der Waals surface area (Å²) in [6, 6.07) is 3.50. The lowest BCUT2D eigenvalue weighted by Crippen LogP contribution is -2.15. The summed E-state index contributed by atoms with van der Waals surface area (Å²) >= 11 is 0. The number of rotatable bonds is 7. The van der Waals surface area contributed by atoms with Crippen LogP contribution < -0.4 is 5.73 Å². The van der Waals surface area contributed by atoms with Crippen molar-refractivity contribution in [3.05, 3.63) is 24.0 Å². The molecule has 0 amide bonds. The summed E-state index contributed by atoms with van der Waals surface area (Å²) in [6.07, 6.45) is 0. The van der Waals surface area contributed by atoms with Gasteiger partial charge in [0.2, 0.25) is 0 Å². The van der Waals surface area contributed by atoms with Crippen LogP contribution in [-0.4, -0.2) is 41.1 Å². The maximum Gasteiger partial charge on any atom is 0.183 e. The lowest BCUT2D eigenvalue weighted by atomic mass is 10.3. The minimum absolute atomic E-state index is 0.00445. The number of hydrogen-bond acceptors (Lipinski definition) is 5. The summed E-state index contributed by atoms with van der Waals surface area (Å²) in [5, 5.41) is 0. The molecule has 0 aromatic heterocycles. The fourth-order valence-electron chi connectivity index (χ4n) is 1.29. The molecule has 0 saturated heterocycles. The number of anilines is 1. The van der Waals surface area contributed by atoms with Crippen molar-refractivity contribution in [2.45, 2.75) is 4.90 Å². The first-order valence-corrected chi connectivity index (χ1v) is 6.97. The second kappa shape index (κ2) is 6.67. The first-order chi connectivity index (χ1) is 8.47. The van der Waals surface area contributed by atoms with Gasteiger partial charge in [0.15, 0.2) is 9.84 Å². The van der Waals surface area contributed by atoms with Crippen LogP contribution in [0.1, 0.15) is 0 Å². The Balaban J connectivity index is 2.63. The molecule has 0 spiro atoms. The molecule has 5 nitrogen and oxygen atoms in total. The lowest BCUT2D eigenvalue weighted by molar-refractivity contribution is 0.0785. The lowest BCUT2D eigenvalue weighted by Gasteiger charge is -2.07. The van der Waals surface area contributed by atoms with Crippen LogP contribution in [0, 0.1) is 5.82 Å². The van der Waals surface area contributed by atoms with Crippen molar-refractivity contribution < 1.29 is 22.3 Å². The molecule has 1 aromatic carbocycles. The van der Waals surface area contributed by atoms with Gasteiger partial charge in [-0.25, -0.2) is 12.8 Å². The van der Waals surface area contributed by atoms with Crippen LogP contribution in [0.15, 0.2) is 23.1 Å². The van der Waals surface area contributed by atoms with Crippen LogP contribution in [0.4, 0.5) is 10.1 Å². The summed E-state index contributed by atoms with van der Waals surface area (Å²) in [5.41, 5.74) is 5.54. The van der Waals surface area contributed by atoms with Gasteiger partial charge in [0.05, 0.1) is 25.6 Å². The SMILES string of the molecule is COCCOCCS(=O)(=O)c1ccc(N)cc1F. The number of ether oxygens (including phenoxy) is 2. The van der Waals surface area contributed by atoms with Crippen molar-refractivity contribution in [3.63, 3.8) is 0 Å². The molecule has 102 valence electrons. The van der Waals surface area contributed by atoms with Crippen molar-refractivity contribution in [3.8, 4) is 0 Å². The van der Waals surface area contributed by atoms with Crippen molar-refractivity contribution in [2.24, 2.45) is 0 Å². The summed E-state index contributed by atoms with van der Waals surface area (Å²) < 4.78 is 46.9. The second-order valence-corrected chi connectivity index (χ2v) is 5.69. The number of sulfone groups is 1. The number of benzene rings is 1. The van der Waals surface area contributed by atoms with Gasteiger partial charge in [0.1, 0.15) is 10.7 Å². The normalized spacial score (nSPS) is 11.7. The fourth-order valence-corrected chi connectivity index (χ4v) is 2.48. The average Bonchev–Trinajstić information content (AvgIpc) is 2.28. The topological polar surface area (TPSA) is 78.6 Å². The Morgan fingerprint density at radius 1 is 1.28 bits per heavy atom. The van der Waals surface area contributed by atoms with E-state index in [4.69, 9.17) is 15.2 Å². The van der Waals surface area contributed by atoms with E-state index in [0.29, 0.717) is 13.2 Å². The molecule has 0 atom stereocenters. The molecular weight excluding hydrogens is 261 g/mol. The number of methoxy groups -OCH3 is 1. The van der Waals surface area contributed by atoms with Crippen LogP contribution in [-0.2, 0) is 19.3 Å². The highest BCUT2D eigenvalue weighted by molar-refractivity contribution is 7.91. The van der Waals surface area contributed by atoms with Crippen LogP contribution >= 0.6 is 0 Å². The molecule has 0 aliphatic heterocycles. The van der Waals surface area contributed by atoms with Crippen LogP contribution in [0.5, 0.6) is 0 Å². The Bertz CT molecular complexity index is 490. The molecule has 1 rings (SSSR count). The summed E-state index contributed by atoms with van der Waals surface area (Å²) in [4.78, 5) is -0.355. The zero-order valence-electron chi connectivity index (χ0n) is 10.1. The Morgan fingerprint density at radius 3 is 2.61 bits per heavy atom. The van der Waals surface area contributed by atoms with Crippen molar-refractivity contribution in [2.75, 3.05) is 38.4 Å². The van der Waals surface area contributed by atoms with Gasteiger partial charge in [-0.3, -0.25) is 0 Å². The van der Waals surface area contributed by atoms with Gasteiger partial charge in [-0.15, -0.1) is 0 Å². The van der Waals surface area contributed by atoms with Crippen molar-refractivity contribution in [1.29, 1.82) is 0 Å². The quantitative estimate of drug-likeness (QED) is 0.590. The zero-order valence-corrected chi connectivity index (χ0v) is 10.9. The van der Waals surface area contributed by atoms with E-state index < -0.39 is 15.7 Å². The van der Waals surface area contributed by atoms with Crippen LogP contribution in [0.3, 0.4) is 0 Å². The van der Waals surface area contributed by atoms with Gasteiger partial charge >= 0.3 is 0 Å². The molecule has 7 heteroatoms. The highest BCUT2D eigenvalue weighted by Crippen LogP contribution is 2.18. The van der Waals surface area contributed by atoms with Crippen molar-refractivity contribution in [1.82, 2.24) is 0 Å². The Morgan fingerprint density at radius 2 is 2.00 bits per heavy atom. The zero-order chi connectivity index (χ0) is 13.6. The third-order valence-electron chi connectivity index (χ3n) is 2.22. The van der Waals surface area contributed by atoms with Crippen LogP contribution in [0.25, 0.3) is 0 Å². The highest BCUT2D eigenvalue weighted by atomic mass is 32.2. The molecule has 18 heavy (non-hydrogen) atoms. The third kappa shape index (κ3) is 4.25. The van der Waals surface area contributed by atoms with Gasteiger partial charge in [-0.1, -0.05) is 0 Å². The van der Waals surface area contributed by atoms with Crippen molar-refractivity contribution >= 4 is 15.5 Å². The first-order valence-electron chi connectivity index (χ1n) is 5.32. The van der Waals surface area contributed by atoms with E-state index in [0.717, 1.165) is 12.1 Å². The number of nitrogens with two attached hydrogens (primary N) is 1. The molecule has 0 unspecified atom stereocenters. The maximum absolute atomic E-state index is 13.5. The molecule has 1 aromatic rings. The largest absolute Gasteiger partial charge is 0.399 e. The minimum Gasteiger partial charge on any atom is -0.399 e. The van der Waals surface area contributed by atoms with E-state index in [1.807, 2.05) is 0 Å². The van der Waals surface area contributed by atoms with E-state index in [2.05, 4.69) is 0 Å². The molecule has 0 heterocycles. The van der Waals surface area contributed by atoms with Gasteiger partial charge in [0, 0.05) is 12.8 Å². The Hall–Kier alpha value is -1.18. The van der Waals surface area contributed by atoms with E-state index in [1.54, 1.807) is 0 Å². The fraction of sp³-hybridized carbons (Fsp3) is 0.455. The smallest absolute Gasteiger partial charge is 0.183 e. The van der Waals surface area contributed by atoms with E-state index in [1.165, 1.54) is 13.2 Å². The van der Waals surface area contributed by atoms with E-state index >= 15 is 0 Å². The monoisotopic (exact) mass is 277 g/mol. The molecular formula is C11H16FNO4S. The molecule has 0 aliphatic rings. The number of hydrogen-bond donors (Lipinski definition) is 1. The Kier molecular flexibility index (Phi) is 5.52. The number of nitrogen functional groups attached to an aromatic ring is 1. The van der Waals surface area contributed by atoms with E-state index in [9.17, 15) is 12.8 Å². The molecule has 0 bridgehead atoms. The standard InChI is InChI=1S/C11H16FNO4S/c1-16-4-5-17-6-7-18(14,15)11-3-2-9(13)8-10(11)12/h2-3,8H,4-7,13H2,1H3. The molecule has 0 aliphatic carbocycles. The number of halogens is 1. The van der Waals surface area contributed by atoms with Gasteiger partial charge < -0.3 is 15.2 Å². The van der Waals surface area contributed by atoms with E-state index in [-0.39, 0.29) is 22.9 Å². The van der Waals surface area contributed by atoms with Crippen LogP contribution in [0.2, 0.25) is 0 Å². The summed E-state index contributed by atoms with van der Waals surface area (Å²) in [6.45, 7) is 0.683. The van der Waals surface area contributed by atoms with Gasteiger partial charge in [0.25, 0.3) is 0 Å².